The molecule has 1 nitrogen and oxygen atoms in total. The summed E-state index contributed by atoms with van der Waals surface area (Å²) in [6.07, 6.45) is 0. The molecule has 1 rings (SSSR count). The van der Waals surface area contributed by atoms with Crippen LogP contribution in [0.4, 0.5) is 4.39 Å². The number of hydrogen-bond acceptors (Lipinski definition) is 1. The summed E-state index contributed by atoms with van der Waals surface area (Å²) in [6, 6.07) is 4.89. The molecule has 0 amide bonds. The smallest absolute Gasteiger partial charge is 0.127 e. The summed E-state index contributed by atoms with van der Waals surface area (Å²) in [5.74, 6) is -0.0847. The lowest BCUT2D eigenvalue weighted by Crippen LogP contribution is -2.06. The highest BCUT2D eigenvalue weighted by Crippen LogP contribution is 2.35. The van der Waals surface area contributed by atoms with Crippen LogP contribution >= 0.6 is 7.14 Å². The van der Waals surface area contributed by atoms with Crippen molar-refractivity contribution in [3.8, 4) is 0 Å². The normalized spacial score (nSPS) is 12.1. The summed E-state index contributed by atoms with van der Waals surface area (Å²) < 4.78 is 25.2. The molecule has 0 fully saturated rings. The summed E-state index contributed by atoms with van der Waals surface area (Å²) in [5.41, 5.74) is 0.683. The van der Waals surface area contributed by atoms with Crippen LogP contribution in [0.15, 0.2) is 18.2 Å². The maximum atomic E-state index is 13.5. The predicted molar refractivity (Wildman–Crippen MR) is 59.6 cm³/mol. The highest BCUT2D eigenvalue weighted by Gasteiger charge is 2.14. The fourth-order valence-corrected chi connectivity index (χ4v) is 2.18. The summed E-state index contributed by atoms with van der Waals surface area (Å²) in [5, 5.41) is 0.611. The molecule has 0 bridgehead atoms. The van der Waals surface area contributed by atoms with Crippen LogP contribution in [0.2, 0.25) is 0 Å². The van der Waals surface area contributed by atoms with E-state index in [1.165, 1.54) is 6.07 Å². The Morgan fingerprint density at radius 3 is 2.21 bits per heavy atom. The van der Waals surface area contributed by atoms with Gasteiger partial charge in [-0.05, 0) is 30.9 Å². The lowest BCUT2D eigenvalue weighted by molar-refractivity contribution is 0.585. The molecular formula is C11H16FOP. The molecule has 0 aromatic heterocycles. The second-order valence-corrected chi connectivity index (χ2v) is 7.43. The molecule has 3 heteroatoms. The van der Waals surface area contributed by atoms with Crippen molar-refractivity contribution in [3.05, 3.63) is 29.6 Å². The Morgan fingerprint density at radius 1 is 1.29 bits per heavy atom. The van der Waals surface area contributed by atoms with Gasteiger partial charge in [0.05, 0.1) is 0 Å². The largest absolute Gasteiger partial charge is 0.319 e. The zero-order valence-electron chi connectivity index (χ0n) is 9.04. The molecule has 0 unspecified atom stereocenters. The van der Waals surface area contributed by atoms with Gasteiger partial charge in [-0.15, -0.1) is 0 Å². The van der Waals surface area contributed by atoms with E-state index < -0.39 is 7.14 Å². The third kappa shape index (κ3) is 2.45. The minimum absolute atomic E-state index is 0.164. The molecule has 0 aliphatic carbocycles. The van der Waals surface area contributed by atoms with Crippen LogP contribution < -0.4 is 5.30 Å². The van der Waals surface area contributed by atoms with Gasteiger partial charge in [0.15, 0.2) is 0 Å². The van der Waals surface area contributed by atoms with Crippen LogP contribution in [0.5, 0.6) is 0 Å². The Kier molecular flexibility index (Phi) is 3.16. The van der Waals surface area contributed by atoms with Gasteiger partial charge in [-0.1, -0.05) is 26.0 Å². The van der Waals surface area contributed by atoms with E-state index in [1.54, 1.807) is 25.5 Å². The SMILES string of the molecule is CC(C)c1ccc(P(C)(C)=O)cc1F. The van der Waals surface area contributed by atoms with E-state index in [2.05, 4.69) is 0 Å². The molecule has 14 heavy (non-hydrogen) atoms. The van der Waals surface area contributed by atoms with Crippen molar-refractivity contribution in [2.24, 2.45) is 0 Å². The standard InChI is InChI=1S/C11H16FOP/c1-8(2)10-6-5-9(7-11(10)12)14(3,4)13/h5-8H,1-4H3. The van der Waals surface area contributed by atoms with E-state index in [9.17, 15) is 8.96 Å². The molecule has 0 saturated carbocycles. The van der Waals surface area contributed by atoms with E-state index in [-0.39, 0.29) is 11.7 Å². The fourth-order valence-electron chi connectivity index (χ4n) is 1.32. The van der Waals surface area contributed by atoms with Crippen LogP contribution in [0.3, 0.4) is 0 Å². The van der Waals surface area contributed by atoms with Crippen molar-refractivity contribution < 1.29 is 8.96 Å². The van der Waals surface area contributed by atoms with Gasteiger partial charge < -0.3 is 4.57 Å². The number of rotatable bonds is 2. The van der Waals surface area contributed by atoms with Crippen LogP contribution in [-0.4, -0.2) is 13.3 Å². The number of benzene rings is 1. The maximum Gasteiger partial charge on any atom is 0.127 e. The molecule has 1 aromatic rings. The average Bonchev–Trinajstić information content (AvgIpc) is 2.01. The molecule has 1 aromatic carbocycles. The third-order valence-electron chi connectivity index (χ3n) is 2.23. The molecule has 0 saturated heterocycles. The molecule has 0 atom stereocenters. The van der Waals surface area contributed by atoms with Gasteiger partial charge in [0, 0.05) is 5.30 Å². The quantitative estimate of drug-likeness (QED) is 0.691. The first-order valence-corrected chi connectivity index (χ1v) is 7.27. The van der Waals surface area contributed by atoms with Gasteiger partial charge in [0.2, 0.25) is 0 Å². The summed E-state index contributed by atoms with van der Waals surface area (Å²) in [6.45, 7) is 7.18. The Labute approximate surface area is 84.7 Å². The summed E-state index contributed by atoms with van der Waals surface area (Å²) >= 11 is 0. The van der Waals surface area contributed by atoms with Crippen LogP contribution in [-0.2, 0) is 4.57 Å². The van der Waals surface area contributed by atoms with Crippen LogP contribution in [0.25, 0.3) is 0 Å². The minimum Gasteiger partial charge on any atom is -0.319 e. The van der Waals surface area contributed by atoms with Crippen molar-refractivity contribution in [2.75, 3.05) is 13.3 Å². The minimum atomic E-state index is -2.34. The second-order valence-electron chi connectivity index (χ2n) is 4.21. The Hall–Kier alpha value is -0.620. The first-order valence-electron chi connectivity index (χ1n) is 4.67. The average molecular weight is 214 g/mol. The van der Waals surface area contributed by atoms with Crippen molar-refractivity contribution in [1.29, 1.82) is 0 Å². The predicted octanol–water partition coefficient (Wildman–Crippen LogP) is 3.20. The van der Waals surface area contributed by atoms with E-state index in [1.807, 2.05) is 13.8 Å². The third-order valence-corrected chi connectivity index (χ3v) is 3.75. The van der Waals surface area contributed by atoms with Crippen molar-refractivity contribution >= 4 is 12.4 Å². The molecule has 0 N–H and O–H groups in total. The molecule has 0 aliphatic rings. The number of halogens is 1. The summed E-state index contributed by atoms with van der Waals surface area (Å²) in [7, 11) is -2.34. The molecule has 0 heterocycles. The lowest BCUT2D eigenvalue weighted by atomic mass is 10.0. The zero-order valence-corrected chi connectivity index (χ0v) is 9.94. The van der Waals surface area contributed by atoms with E-state index in [0.29, 0.717) is 10.9 Å². The highest BCUT2D eigenvalue weighted by molar-refractivity contribution is 7.70. The van der Waals surface area contributed by atoms with Crippen molar-refractivity contribution in [3.63, 3.8) is 0 Å². The monoisotopic (exact) mass is 214 g/mol. The molecule has 78 valence electrons. The van der Waals surface area contributed by atoms with Crippen molar-refractivity contribution in [1.82, 2.24) is 0 Å². The first kappa shape index (κ1) is 11.5. The maximum absolute atomic E-state index is 13.5. The van der Waals surface area contributed by atoms with Gasteiger partial charge in [-0.3, -0.25) is 0 Å². The van der Waals surface area contributed by atoms with E-state index in [0.717, 1.165) is 0 Å². The summed E-state index contributed by atoms with van der Waals surface area (Å²) in [4.78, 5) is 0. The lowest BCUT2D eigenvalue weighted by Gasteiger charge is -2.11. The molecule has 0 aliphatic heterocycles. The number of hydrogen-bond donors (Lipinski definition) is 0. The molecule has 0 radical (unpaired) electrons. The van der Waals surface area contributed by atoms with Gasteiger partial charge >= 0.3 is 0 Å². The second kappa shape index (κ2) is 3.86. The van der Waals surface area contributed by atoms with Gasteiger partial charge in [0.1, 0.15) is 13.0 Å². The molecular weight excluding hydrogens is 198 g/mol. The zero-order chi connectivity index (χ0) is 10.9. The van der Waals surface area contributed by atoms with Gasteiger partial charge in [-0.2, -0.15) is 0 Å². The highest BCUT2D eigenvalue weighted by atomic mass is 31.2. The Morgan fingerprint density at radius 2 is 1.86 bits per heavy atom. The van der Waals surface area contributed by atoms with Crippen molar-refractivity contribution in [2.45, 2.75) is 19.8 Å². The Balaban J connectivity index is 3.20. The van der Waals surface area contributed by atoms with E-state index >= 15 is 0 Å². The van der Waals surface area contributed by atoms with Crippen LogP contribution in [0, 0.1) is 5.82 Å². The topological polar surface area (TPSA) is 17.1 Å². The Bertz CT molecular complexity index is 379. The first-order chi connectivity index (χ1) is 6.32. The van der Waals surface area contributed by atoms with Gasteiger partial charge in [-0.25, -0.2) is 4.39 Å². The van der Waals surface area contributed by atoms with E-state index in [4.69, 9.17) is 0 Å². The van der Waals surface area contributed by atoms with Crippen LogP contribution in [0.1, 0.15) is 25.3 Å². The van der Waals surface area contributed by atoms with Gasteiger partial charge in [0.25, 0.3) is 0 Å². The molecule has 0 spiro atoms. The fraction of sp³-hybridized carbons (Fsp3) is 0.455.